The number of anilines is 1. The Hall–Kier alpha value is -2.10. The summed E-state index contributed by atoms with van der Waals surface area (Å²) in [5.74, 6) is -0.597. The van der Waals surface area contributed by atoms with Gasteiger partial charge in [0.25, 0.3) is 0 Å². The number of aromatic hydroxyl groups is 1. The lowest BCUT2D eigenvalue weighted by Crippen LogP contribution is -2.28. The number of hydrogen-bond acceptors (Lipinski definition) is 6. The molecule has 3 rings (SSSR count). The maximum Gasteiger partial charge on any atom is 0.243 e. The van der Waals surface area contributed by atoms with Gasteiger partial charge in [-0.2, -0.15) is 4.31 Å². The number of nitrogens with one attached hydrogen (secondary N) is 1. The number of sulfonamides is 1. The number of rotatable bonds is 6. The van der Waals surface area contributed by atoms with Gasteiger partial charge in [0.05, 0.1) is 16.3 Å². The van der Waals surface area contributed by atoms with E-state index in [1.807, 2.05) is 0 Å². The molecule has 27 heavy (non-hydrogen) atoms. The van der Waals surface area contributed by atoms with Crippen molar-refractivity contribution in [3.05, 3.63) is 34.7 Å². The number of aromatic nitrogens is 1. The van der Waals surface area contributed by atoms with Crippen LogP contribution in [0.25, 0.3) is 0 Å². The number of benzene rings is 1. The Morgan fingerprint density at radius 3 is 2.70 bits per heavy atom. The van der Waals surface area contributed by atoms with Gasteiger partial charge >= 0.3 is 0 Å². The molecular weight excluding hydrogens is 394 g/mol. The number of aryl methyl sites for hydroxylation is 1. The molecule has 10 heteroatoms. The van der Waals surface area contributed by atoms with Gasteiger partial charge in [-0.05, 0) is 56.0 Å². The van der Waals surface area contributed by atoms with Crippen molar-refractivity contribution in [2.24, 2.45) is 0 Å². The molecule has 2 N–H and O–H groups in total. The summed E-state index contributed by atoms with van der Waals surface area (Å²) in [7, 11) is -3.64. The SMILES string of the molecule is Cc1noc(Cl)c1CCC(=O)Nc1cc(S(=O)(=O)N2CCCC2)ccc1O. The predicted octanol–water partition coefficient (Wildman–Crippen LogP) is 2.70. The van der Waals surface area contributed by atoms with Crippen LogP contribution in [0.5, 0.6) is 5.75 Å². The standard InChI is InChI=1S/C17H20ClN3O5S/c1-11-13(17(18)26-20-11)5-7-16(23)19-14-10-12(4-6-15(14)22)27(24,25)21-8-2-3-9-21/h4,6,10,22H,2-3,5,7-9H2,1H3,(H,19,23). The maximum atomic E-state index is 12.6. The summed E-state index contributed by atoms with van der Waals surface area (Å²) in [5.41, 5.74) is 1.30. The first-order valence-electron chi connectivity index (χ1n) is 8.52. The van der Waals surface area contributed by atoms with Gasteiger partial charge in [0.1, 0.15) is 5.75 Å². The minimum atomic E-state index is -3.64. The van der Waals surface area contributed by atoms with E-state index >= 15 is 0 Å². The molecule has 0 unspecified atom stereocenters. The summed E-state index contributed by atoms with van der Waals surface area (Å²) in [6, 6.07) is 3.87. The molecule has 2 heterocycles. The van der Waals surface area contributed by atoms with Crippen LogP contribution in [0.1, 0.15) is 30.5 Å². The highest BCUT2D eigenvalue weighted by Crippen LogP contribution is 2.29. The predicted molar refractivity (Wildman–Crippen MR) is 99.3 cm³/mol. The fourth-order valence-electron chi connectivity index (χ4n) is 2.94. The molecule has 1 aliphatic rings. The fourth-order valence-corrected chi connectivity index (χ4v) is 4.75. The number of phenols is 1. The Balaban J connectivity index is 1.72. The van der Waals surface area contributed by atoms with E-state index in [2.05, 4.69) is 10.5 Å². The Kier molecular flexibility index (Phi) is 5.73. The molecule has 2 aromatic rings. The second-order valence-corrected chi connectivity index (χ2v) is 8.64. The highest BCUT2D eigenvalue weighted by molar-refractivity contribution is 7.89. The molecule has 0 aliphatic carbocycles. The van der Waals surface area contributed by atoms with Gasteiger partial charge in [0, 0.05) is 25.1 Å². The Labute approximate surface area is 162 Å². The first-order valence-corrected chi connectivity index (χ1v) is 10.3. The van der Waals surface area contributed by atoms with Crippen molar-refractivity contribution in [3.63, 3.8) is 0 Å². The van der Waals surface area contributed by atoms with Crippen LogP contribution < -0.4 is 5.32 Å². The zero-order chi connectivity index (χ0) is 19.6. The largest absolute Gasteiger partial charge is 0.506 e. The van der Waals surface area contributed by atoms with Crippen LogP contribution in [0, 0.1) is 6.92 Å². The maximum absolute atomic E-state index is 12.6. The third-order valence-corrected chi connectivity index (χ3v) is 6.68. The monoisotopic (exact) mass is 413 g/mol. The van der Waals surface area contributed by atoms with E-state index in [1.165, 1.54) is 22.5 Å². The van der Waals surface area contributed by atoms with Gasteiger partial charge in [0.2, 0.25) is 21.1 Å². The quantitative estimate of drug-likeness (QED) is 0.704. The number of carbonyl (C=O) groups excluding carboxylic acids is 1. The van der Waals surface area contributed by atoms with Gasteiger partial charge in [0.15, 0.2) is 0 Å². The summed E-state index contributed by atoms with van der Waals surface area (Å²) in [6.07, 6.45) is 2.04. The average Bonchev–Trinajstić information content (AvgIpc) is 3.26. The molecule has 0 saturated carbocycles. The summed E-state index contributed by atoms with van der Waals surface area (Å²) >= 11 is 5.87. The molecule has 1 saturated heterocycles. The van der Waals surface area contributed by atoms with E-state index in [0.717, 1.165) is 12.8 Å². The summed E-state index contributed by atoms with van der Waals surface area (Å²) in [6.45, 7) is 2.68. The molecule has 1 fully saturated rings. The molecule has 1 aliphatic heterocycles. The van der Waals surface area contributed by atoms with Crippen LogP contribution in [0.4, 0.5) is 5.69 Å². The van der Waals surface area contributed by atoms with Crippen molar-refractivity contribution in [2.75, 3.05) is 18.4 Å². The second kappa shape index (κ2) is 7.87. The number of nitrogens with zero attached hydrogens (tertiary/aromatic N) is 2. The van der Waals surface area contributed by atoms with Crippen LogP contribution in [0.15, 0.2) is 27.6 Å². The minimum absolute atomic E-state index is 0.0374. The zero-order valence-corrected chi connectivity index (χ0v) is 16.3. The molecule has 0 atom stereocenters. The van der Waals surface area contributed by atoms with Gasteiger partial charge in [-0.15, -0.1) is 0 Å². The molecule has 0 bridgehead atoms. The van der Waals surface area contributed by atoms with Crippen LogP contribution in [0.3, 0.4) is 0 Å². The van der Waals surface area contributed by atoms with E-state index in [-0.39, 0.29) is 28.0 Å². The lowest BCUT2D eigenvalue weighted by Gasteiger charge is -2.16. The Morgan fingerprint density at radius 1 is 1.37 bits per heavy atom. The van der Waals surface area contributed by atoms with E-state index in [4.69, 9.17) is 16.1 Å². The fraction of sp³-hybridized carbons (Fsp3) is 0.412. The van der Waals surface area contributed by atoms with Crippen molar-refractivity contribution in [3.8, 4) is 5.75 Å². The van der Waals surface area contributed by atoms with Crippen molar-refractivity contribution in [1.29, 1.82) is 0 Å². The molecule has 1 amide bonds. The summed E-state index contributed by atoms with van der Waals surface area (Å²) in [4.78, 5) is 12.3. The van der Waals surface area contributed by atoms with Crippen molar-refractivity contribution >= 4 is 33.2 Å². The smallest absolute Gasteiger partial charge is 0.243 e. The van der Waals surface area contributed by atoms with Crippen molar-refractivity contribution in [1.82, 2.24) is 9.46 Å². The molecule has 146 valence electrons. The topological polar surface area (TPSA) is 113 Å². The van der Waals surface area contributed by atoms with E-state index in [9.17, 15) is 18.3 Å². The third-order valence-electron chi connectivity index (χ3n) is 4.48. The number of phenolic OH excluding ortho intramolecular Hbond substituents is 1. The lowest BCUT2D eigenvalue weighted by atomic mass is 10.1. The van der Waals surface area contributed by atoms with E-state index in [1.54, 1.807) is 6.92 Å². The molecule has 0 radical (unpaired) electrons. The van der Waals surface area contributed by atoms with Crippen LogP contribution in [-0.4, -0.2) is 42.0 Å². The van der Waals surface area contributed by atoms with Crippen molar-refractivity contribution < 1.29 is 22.8 Å². The zero-order valence-electron chi connectivity index (χ0n) is 14.7. The third kappa shape index (κ3) is 4.26. The number of halogens is 1. The second-order valence-electron chi connectivity index (χ2n) is 6.36. The first kappa shape index (κ1) is 19.7. The van der Waals surface area contributed by atoms with E-state index in [0.29, 0.717) is 30.8 Å². The average molecular weight is 414 g/mol. The van der Waals surface area contributed by atoms with Crippen LogP contribution in [-0.2, 0) is 21.2 Å². The minimum Gasteiger partial charge on any atom is -0.506 e. The van der Waals surface area contributed by atoms with Gasteiger partial charge in [-0.1, -0.05) is 5.16 Å². The van der Waals surface area contributed by atoms with E-state index < -0.39 is 15.9 Å². The van der Waals surface area contributed by atoms with Gasteiger partial charge < -0.3 is 14.9 Å². The number of carbonyl (C=O) groups is 1. The van der Waals surface area contributed by atoms with Gasteiger partial charge in [-0.25, -0.2) is 8.42 Å². The molecule has 8 nitrogen and oxygen atoms in total. The Bertz CT molecular complexity index is 932. The summed E-state index contributed by atoms with van der Waals surface area (Å²) < 4.78 is 31.5. The number of amides is 1. The van der Waals surface area contributed by atoms with Crippen LogP contribution >= 0.6 is 11.6 Å². The first-order chi connectivity index (χ1) is 12.8. The Morgan fingerprint density at radius 2 is 2.07 bits per heavy atom. The normalized spacial score (nSPS) is 15.2. The van der Waals surface area contributed by atoms with Crippen molar-refractivity contribution in [2.45, 2.75) is 37.5 Å². The van der Waals surface area contributed by atoms with Crippen LogP contribution in [0.2, 0.25) is 5.22 Å². The summed E-state index contributed by atoms with van der Waals surface area (Å²) in [5, 5.41) is 16.4. The molecule has 1 aromatic carbocycles. The molecule has 1 aromatic heterocycles. The molecular formula is C17H20ClN3O5S. The highest BCUT2D eigenvalue weighted by atomic mass is 35.5. The lowest BCUT2D eigenvalue weighted by molar-refractivity contribution is -0.116. The number of hydrogen-bond donors (Lipinski definition) is 2. The molecule has 0 spiro atoms. The van der Waals surface area contributed by atoms with Gasteiger partial charge in [-0.3, -0.25) is 4.79 Å². The highest BCUT2D eigenvalue weighted by Gasteiger charge is 2.28.